The SMILES string of the molecule is COc1ccc(COc2cc(C(ON3C(=O)c4ccccc4C3=O)C(C)C)[n+](O)cc2OCc2ccc(OC)cc2)cc1. The Morgan fingerprint density at radius 1 is 0.744 bits per heavy atom. The van der Waals surface area contributed by atoms with Crippen molar-refractivity contribution in [2.24, 2.45) is 5.92 Å². The van der Waals surface area contributed by atoms with E-state index in [4.69, 9.17) is 23.8 Å². The van der Waals surface area contributed by atoms with Crippen molar-refractivity contribution in [3.05, 3.63) is 113 Å². The van der Waals surface area contributed by atoms with Gasteiger partial charge in [-0.05, 0) is 53.4 Å². The number of methoxy groups -OCH3 is 2. The number of pyridine rings is 1. The van der Waals surface area contributed by atoms with Crippen LogP contribution >= 0.6 is 0 Å². The molecule has 1 aromatic heterocycles. The number of amides is 2. The van der Waals surface area contributed by atoms with E-state index in [-0.39, 0.29) is 41.7 Å². The normalized spacial score (nSPS) is 13.2. The second-order valence-corrected chi connectivity index (χ2v) is 10.3. The molecule has 2 amide bonds. The molecule has 0 spiro atoms. The number of fused-ring (bicyclic) bond motifs is 1. The van der Waals surface area contributed by atoms with Gasteiger partial charge >= 0.3 is 0 Å². The van der Waals surface area contributed by atoms with Gasteiger partial charge in [0.2, 0.25) is 5.75 Å². The Bertz CT molecular complexity index is 1570. The summed E-state index contributed by atoms with van der Waals surface area (Å²) in [5.74, 6) is 0.670. The van der Waals surface area contributed by atoms with Gasteiger partial charge in [0.15, 0.2) is 11.9 Å². The first kappa shape index (κ1) is 29.4. The number of nitrogens with zero attached hydrogens (tertiary/aromatic N) is 2. The molecule has 1 aliphatic heterocycles. The van der Waals surface area contributed by atoms with Gasteiger partial charge in [0.1, 0.15) is 24.7 Å². The molecule has 0 bridgehead atoms. The van der Waals surface area contributed by atoms with E-state index in [1.165, 1.54) is 6.20 Å². The predicted molar refractivity (Wildman–Crippen MR) is 154 cm³/mol. The van der Waals surface area contributed by atoms with Crippen molar-refractivity contribution in [1.29, 1.82) is 0 Å². The first-order chi connectivity index (χ1) is 20.8. The van der Waals surface area contributed by atoms with Crippen LogP contribution < -0.4 is 23.7 Å². The van der Waals surface area contributed by atoms with Crippen molar-refractivity contribution in [1.82, 2.24) is 5.06 Å². The predicted octanol–water partition coefficient (Wildman–Crippen LogP) is 5.31. The Morgan fingerprint density at radius 2 is 1.23 bits per heavy atom. The third kappa shape index (κ3) is 6.39. The maximum absolute atomic E-state index is 13.0. The zero-order valence-corrected chi connectivity index (χ0v) is 24.4. The third-order valence-corrected chi connectivity index (χ3v) is 7.01. The highest BCUT2D eigenvalue weighted by molar-refractivity contribution is 6.20. The van der Waals surface area contributed by atoms with E-state index in [0.29, 0.717) is 5.75 Å². The lowest BCUT2D eigenvalue weighted by Gasteiger charge is -2.23. The van der Waals surface area contributed by atoms with Crippen molar-refractivity contribution in [2.75, 3.05) is 14.2 Å². The van der Waals surface area contributed by atoms with Crippen molar-refractivity contribution in [2.45, 2.75) is 33.2 Å². The minimum absolute atomic E-state index is 0.196. The summed E-state index contributed by atoms with van der Waals surface area (Å²) in [7, 11) is 3.20. The van der Waals surface area contributed by atoms with Crippen LogP contribution in [0.1, 0.15) is 57.5 Å². The van der Waals surface area contributed by atoms with Crippen LogP contribution in [0.3, 0.4) is 0 Å². The van der Waals surface area contributed by atoms with Crippen molar-refractivity contribution in [3.8, 4) is 23.0 Å². The summed E-state index contributed by atoms with van der Waals surface area (Å²) in [6, 6.07) is 23.0. The van der Waals surface area contributed by atoms with Crippen LogP contribution in [0.15, 0.2) is 85.1 Å². The molecule has 1 N–H and O–H groups in total. The zero-order chi connectivity index (χ0) is 30.5. The van der Waals surface area contributed by atoms with Crippen LogP contribution in [0, 0.1) is 5.92 Å². The van der Waals surface area contributed by atoms with Gasteiger partial charge < -0.3 is 18.9 Å². The first-order valence-corrected chi connectivity index (χ1v) is 13.7. The lowest BCUT2D eigenvalue weighted by molar-refractivity contribution is -0.912. The quantitative estimate of drug-likeness (QED) is 0.135. The Hall–Kier alpha value is -5.09. The number of ether oxygens (including phenoxy) is 4. The highest BCUT2D eigenvalue weighted by Crippen LogP contribution is 2.35. The van der Waals surface area contributed by atoms with Gasteiger partial charge in [-0.2, -0.15) is 0 Å². The summed E-state index contributed by atoms with van der Waals surface area (Å²) < 4.78 is 23.6. The fourth-order valence-corrected chi connectivity index (χ4v) is 4.61. The first-order valence-electron chi connectivity index (χ1n) is 13.7. The Balaban J connectivity index is 1.44. The molecule has 43 heavy (non-hydrogen) atoms. The molecule has 0 saturated heterocycles. The molecule has 10 nitrogen and oxygen atoms in total. The maximum Gasteiger partial charge on any atom is 0.285 e. The second kappa shape index (κ2) is 12.8. The Kier molecular flexibility index (Phi) is 8.77. The van der Waals surface area contributed by atoms with Crippen LogP contribution in [0.2, 0.25) is 0 Å². The molecule has 1 atom stereocenters. The smallest absolute Gasteiger partial charge is 0.285 e. The highest BCUT2D eigenvalue weighted by atomic mass is 16.7. The number of hydroxylamine groups is 2. The molecule has 4 aromatic rings. The van der Waals surface area contributed by atoms with E-state index in [9.17, 15) is 14.8 Å². The molecule has 0 saturated carbocycles. The summed E-state index contributed by atoms with van der Waals surface area (Å²) in [5, 5.41) is 11.9. The molecule has 10 heteroatoms. The molecule has 0 fully saturated rings. The number of rotatable bonds is 12. The molecule has 0 radical (unpaired) electrons. The summed E-state index contributed by atoms with van der Waals surface area (Å²) in [6.07, 6.45) is 0.481. The number of hydrogen-bond donors (Lipinski definition) is 1. The standard InChI is InChI=1S/C33H33N2O8/c1-21(2)31(43-35-32(36)26-7-5-6-8-27(26)33(35)37)28-17-29(41-19-22-9-13-24(39-3)14-10-22)30(18-34(28)38)42-20-23-11-15-25(40-4)16-12-23/h5-18,21,31,38H,19-20H2,1-4H3/q+1. The molecule has 5 rings (SSSR count). The average molecular weight is 586 g/mol. The van der Waals surface area contributed by atoms with Gasteiger partial charge in [-0.15, -0.1) is 5.06 Å². The number of carbonyl (C=O) groups is 2. The Labute approximate surface area is 249 Å². The molecule has 2 heterocycles. The molecule has 1 unspecified atom stereocenters. The lowest BCUT2D eigenvalue weighted by Crippen LogP contribution is -2.41. The summed E-state index contributed by atoms with van der Waals surface area (Å²) >= 11 is 0. The van der Waals surface area contributed by atoms with Crippen molar-refractivity contribution < 1.29 is 43.3 Å². The zero-order valence-electron chi connectivity index (χ0n) is 24.4. The van der Waals surface area contributed by atoms with Crippen molar-refractivity contribution in [3.63, 3.8) is 0 Å². The average Bonchev–Trinajstić information content (AvgIpc) is 3.27. The topological polar surface area (TPSA) is 108 Å². The molecular formula is C33H33N2O8+. The number of imide groups is 1. The number of carbonyl (C=O) groups excluding carboxylic acids is 2. The van der Waals surface area contributed by atoms with Gasteiger partial charge in [-0.3, -0.25) is 14.8 Å². The largest absolute Gasteiger partial charge is 0.497 e. The molecule has 0 aliphatic carbocycles. The Morgan fingerprint density at radius 3 is 1.70 bits per heavy atom. The minimum atomic E-state index is -0.897. The van der Waals surface area contributed by atoms with Crippen molar-refractivity contribution >= 4 is 11.8 Å². The third-order valence-electron chi connectivity index (χ3n) is 7.01. The van der Waals surface area contributed by atoms with Gasteiger partial charge in [0.25, 0.3) is 23.7 Å². The summed E-state index contributed by atoms with van der Waals surface area (Å²) in [4.78, 5) is 32.0. The molecule has 1 aliphatic rings. The van der Waals surface area contributed by atoms with Crippen LogP contribution in [-0.4, -0.2) is 36.3 Å². The molecule has 3 aromatic carbocycles. The van der Waals surface area contributed by atoms with E-state index >= 15 is 0 Å². The number of aromatic nitrogens is 1. The highest BCUT2D eigenvalue weighted by Gasteiger charge is 2.41. The monoisotopic (exact) mass is 585 g/mol. The summed E-state index contributed by atoms with van der Waals surface area (Å²) in [5.41, 5.74) is 2.54. The molecule has 222 valence electrons. The van der Waals surface area contributed by atoms with Crippen LogP contribution in [0.25, 0.3) is 0 Å². The van der Waals surface area contributed by atoms with E-state index in [2.05, 4.69) is 0 Å². The van der Waals surface area contributed by atoms with E-state index in [0.717, 1.165) is 32.4 Å². The van der Waals surface area contributed by atoms with Crippen LogP contribution in [0.4, 0.5) is 0 Å². The van der Waals surface area contributed by atoms with Gasteiger partial charge in [0, 0.05) is 4.73 Å². The van der Waals surface area contributed by atoms with E-state index in [1.54, 1.807) is 44.6 Å². The number of hydrogen-bond acceptors (Lipinski definition) is 8. The fraction of sp³-hybridized carbons (Fsp3) is 0.242. The lowest BCUT2D eigenvalue weighted by atomic mass is 10.0. The summed E-state index contributed by atoms with van der Waals surface area (Å²) in [6.45, 7) is 4.11. The number of benzene rings is 3. The second-order valence-electron chi connectivity index (χ2n) is 10.3. The van der Waals surface area contributed by atoms with E-state index < -0.39 is 17.9 Å². The van der Waals surface area contributed by atoms with Crippen LogP contribution in [-0.2, 0) is 18.1 Å². The van der Waals surface area contributed by atoms with Gasteiger partial charge in [0.05, 0.1) is 31.4 Å². The minimum Gasteiger partial charge on any atom is -0.497 e. The molecular weight excluding hydrogens is 552 g/mol. The fourth-order valence-electron chi connectivity index (χ4n) is 4.61. The maximum atomic E-state index is 13.0. The van der Waals surface area contributed by atoms with Gasteiger partial charge in [-0.25, -0.2) is 4.84 Å². The van der Waals surface area contributed by atoms with Crippen LogP contribution in [0.5, 0.6) is 23.0 Å². The van der Waals surface area contributed by atoms with Gasteiger partial charge in [-0.1, -0.05) is 50.2 Å². The van der Waals surface area contributed by atoms with E-state index in [1.807, 2.05) is 62.4 Å².